The van der Waals surface area contributed by atoms with Gasteiger partial charge in [-0.3, -0.25) is 14.6 Å². The van der Waals surface area contributed by atoms with E-state index in [-0.39, 0.29) is 30.5 Å². The number of benzene rings is 2. The standard InChI is InChI=1S/C34H44N4O4/c1-7-18-38-28(23-36-19-9-20-37(22-21-36)31(39)26-12-10-24(3)11-13-26)29(32(40)42-8-2)30(35-33(38)41)25-14-16-27(17-15-25)34(4,5)6/h7,10-17,30H,1,8-9,18-23H2,2-6H3,(H,35,41). The van der Waals surface area contributed by atoms with Crippen molar-refractivity contribution in [1.82, 2.24) is 20.0 Å². The Hall–Kier alpha value is -3.91. The van der Waals surface area contributed by atoms with Gasteiger partial charge in [0, 0.05) is 50.5 Å². The summed E-state index contributed by atoms with van der Waals surface area (Å²) in [6.45, 7) is 17.5. The van der Waals surface area contributed by atoms with E-state index in [1.54, 1.807) is 17.9 Å². The van der Waals surface area contributed by atoms with E-state index in [0.29, 0.717) is 43.0 Å². The summed E-state index contributed by atoms with van der Waals surface area (Å²) < 4.78 is 5.55. The molecule has 0 aliphatic carbocycles. The maximum absolute atomic E-state index is 13.6. The van der Waals surface area contributed by atoms with Crippen molar-refractivity contribution in [1.29, 1.82) is 0 Å². The van der Waals surface area contributed by atoms with E-state index in [2.05, 4.69) is 49.7 Å². The minimum Gasteiger partial charge on any atom is -0.463 e. The van der Waals surface area contributed by atoms with Crippen LogP contribution in [-0.4, -0.2) is 78.5 Å². The maximum Gasteiger partial charge on any atom is 0.338 e. The van der Waals surface area contributed by atoms with Gasteiger partial charge in [-0.25, -0.2) is 9.59 Å². The molecule has 224 valence electrons. The molecule has 2 aromatic carbocycles. The number of esters is 1. The quantitative estimate of drug-likeness (QED) is 0.347. The van der Waals surface area contributed by atoms with Gasteiger partial charge < -0.3 is 15.0 Å². The van der Waals surface area contributed by atoms with E-state index >= 15 is 0 Å². The van der Waals surface area contributed by atoms with Crippen LogP contribution in [0.5, 0.6) is 0 Å². The molecular weight excluding hydrogens is 528 g/mol. The molecule has 1 atom stereocenters. The average molecular weight is 573 g/mol. The number of carbonyl (C=O) groups is 3. The minimum absolute atomic E-state index is 0.0207. The van der Waals surface area contributed by atoms with Crippen molar-refractivity contribution in [2.75, 3.05) is 45.9 Å². The van der Waals surface area contributed by atoms with Gasteiger partial charge in [-0.1, -0.05) is 68.8 Å². The molecule has 0 saturated carbocycles. The van der Waals surface area contributed by atoms with Crippen LogP contribution in [0.4, 0.5) is 4.79 Å². The van der Waals surface area contributed by atoms with Crippen molar-refractivity contribution in [3.63, 3.8) is 0 Å². The molecule has 1 fully saturated rings. The summed E-state index contributed by atoms with van der Waals surface area (Å²) >= 11 is 0. The lowest BCUT2D eigenvalue weighted by molar-refractivity contribution is -0.139. The molecule has 3 amide bonds. The topological polar surface area (TPSA) is 82.2 Å². The number of urea groups is 1. The SMILES string of the molecule is C=CCN1C(=O)NC(c2ccc(C(C)(C)C)cc2)C(C(=O)OCC)=C1CN1CCCN(C(=O)c2ccc(C)cc2)CC1. The number of ether oxygens (including phenoxy) is 1. The van der Waals surface area contributed by atoms with E-state index < -0.39 is 12.0 Å². The molecule has 42 heavy (non-hydrogen) atoms. The van der Waals surface area contributed by atoms with Gasteiger partial charge in [-0.15, -0.1) is 6.58 Å². The highest BCUT2D eigenvalue weighted by atomic mass is 16.5. The lowest BCUT2D eigenvalue weighted by Crippen LogP contribution is -2.51. The van der Waals surface area contributed by atoms with Crippen molar-refractivity contribution >= 4 is 17.9 Å². The lowest BCUT2D eigenvalue weighted by atomic mass is 9.85. The minimum atomic E-state index is -0.645. The van der Waals surface area contributed by atoms with Crippen LogP contribution in [0.3, 0.4) is 0 Å². The van der Waals surface area contributed by atoms with Crippen molar-refractivity contribution in [2.45, 2.75) is 52.5 Å². The Morgan fingerprint density at radius 1 is 1.02 bits per heavy atom. The number of carbonyl (C=O) groups excluding carboxylic acids is 3. The van der Waals surface area contributed by atoms with Crippen LogP contribution in [0.1, 0.15) is 67.2 Å². The molecule has 0 aromatic heterocycles. The van der Waals surface area contributed by atoms with Crippen molar-refractivity contribution in [3.05, 3.63) is 94.7 Å². The van der Waals surface area contributed by atoms with Crippen molar-refractivity contribution in [2.24, 2.45) is 0 Å². The van der Waals surface area contributed by atoms with E-state index in [0.717, 1.165) is 29.7 Å². The summed E-state index contributed by atoms with van der Waals surface area (Å²) in [6.07, 6.45) is 2.44. The number of amides is 3. The zero-order chi connectivity index (χ0) is 30.4. The normalized spacial score (nSPS) is 18.4. The van der Waals surface area contributed by atoms with Gasteiger partial charge in [0.1, 0.15) is 0 Å². The van der Waals surface area contributed by atoms with E-state index in [1.807, 2.05) is 48.2 Å². The third-order valence-corrected chi connectivity index (χ3v) is 7.90. The molecule has 0 radical (unpaired) electrons. The molecule has 2 heterocycles. The summed E-state index contributed by atoms with van der Waals surface area (Å²) in [5, 5.41) is 3.05. The fourth-order valence-electron chi connectivity index (χ4n) is 5.49. The summed E-state index contributed by atoms with van der Waals surface area (Å²) in [5.41, 5.74) is 4.80. The zero-order valence-corrected chi connectivity index (χ0v) is 25.6. The largest absolute Gasteiger partial charge is 0.463 e. The van der Waals surface area contributed by atoms with Crippen LogP contribution >= 0.6 is 0 Å². The molecule has 1 unspecified atom stereocenters. The molecule has 2 aliphatic heterocycles. The third-order valence-electron chi connectivity index (χ3n) is 7.90. The molecular formula is C34H44N4O4. The smallest absolute Gasteiger partial charge is 0.338 e. The van der Waals surface area contributed by atoms with Gasteiger partial charge in [0.15, 0.2) is 0 Å². The first-order valence-corrected chi connectivity index (χ1v) is 14.8. The van der Waals surface area contributed by atoms with Crippen molar-refractivity contribution in [3.8, 4) is 0 Å². The molecule has 1 N–H and O–H groups in total. The predicted octanol–water partition coefficient (Wildman–Crippen LogP) is 5.21. The Balaban J connectivity index is 1.65. The van der Waals surface area contributed by atoms with Crippen LogP contribution in [0, 0.1) is 6.92 Å². The zero-order valence-electron chi connectivity index (χ0n) is 25.6. The first-order valence-electron chi connectivity index (χ1n) is 14.8. The van der Waals surface area contributed by atoms with Gasteiger partial charge in [0.2, 0.25) is 0 Å². The Kier molecular flexibility index (Phi) is 9.89. The van der Waals surface area contributed by atoms with E-state index in [9.17, 15) is 14.4 Å². The molecule has 8 heteroatoms. The Labute approximate surface area is 250 Å². The van der Waals surface area contributed by atoms with Crippen LogP contribution in [0.25, 0.3) is 0 Å². The van der Waals surface area contributed by atoms with E-state index in [4.69, 9.17) is 4.74 Å². The van der Waals surface area contributed by atoms with Gasteiger partial charge in [-0.2, -0.15) is 0 Å². The molecule has 4 rings (SSSR count). The molecule has 0 bridgehead atoms. The predicted molar refractivity (Wildman–Crippen MR) is 165 cm³/mol. The monoisotopic (exact) mass is 572 g/mol. The second kappa shape index (κ2) is 13.4. The molecule has 8 nitrogen and oxygen atoms in total. The molecule has 2 aliphatic rings. The number of aryl methyl sites for hydroxylation is 1. The summed E-state index contributed by atoms with van der Waals surface area (Å²) in [4.78, 5) is 45.9. The van der Waals surface area contributed by atoms with Gasteiger partial charge >= 0.3 is 12.0 Å². The fraction of sp³-hybridized carbons (Fsp3) is 0.441. The first kappa shape index (κ1) is 31.0. The maximum atomic E-state index is 13.6. The average Bonchev–Trinajstić information content (AvgIpc) is 3.20. The molecule has 2 aromatic rings. The highest BCUT2D eigenvalue weighted by Crippen LogP contribution is 2.33. The second-order valence-corrected chi connectivity index (χ2v) is 12.0. The molecule has 0 spiro atoms. The van der Waals surface area contributed by atoms with Crippen LogP contribution in [0.15, 0.2) is 72.5 Å². The third kappa shape index (κ3) is 7.10. The lowest BCUT2D eigenvalue weighted by Gasteiger charge is -2.38. The number of nitrogens with one attached hydrogen (secondary N) is 1. The second-order valence-electron chi connectivity index (χ2n) is 12.0. The number of hydrogen-bond donors (Lipinski definition) is 1. The Morgan fingerprint density at radius 3 is 2.33 bits per heavy atom. The Bertz CT molecular complexity index is 1320. The highest BCUT2D eigenvalue weighted by Gasteiger charge is 2.38. The summed E-state index contributed by atoms with van der Waals surface area (Å²) in [7, 11) is 0. The van der Waals surface area contributed by atoms with E-state index in [1.165, 1.54) is 0 Å². The van der Waals surface area contributed by atoms with Crippen LogP contribution < -0.4 is 5.32 Å². The highest BCUT2D eigenvalue weighted by molar-refractivity contribution is 5.95. The van der Waals surface area contributed by atoms with Gasteiger partial charge in [0.05, 0.1) is 18.2 Å². The molecule has 1 saturated heterocycles. The van der Waals surface area contributed by atoms with Gasteiger partial charge in [0.25, 0.3) is 5.91 Å². The summed E-state index contributed by atoms with van der Waals surface area (Å²) in [5.74, 6) is -0.426. The number of nitrogens with zero attached hydrogens (tertiary/aromatic N) is 3. The van der Waals surface area contributed by atoms with Gasteiger partial charge in [-0.05, 0) is 48.9 Å². The summed E-state index contributed by atoms with van der Waals surface area (Å²) in [6, 6.07) is 14.8. The first-order chi connectivity index (χ1) is 20.0. The number of hydrogen-bond acceptors (Lipinski definition) is 5. The number of rotatable bonds is 8. The Morgan fingerprint density at radius 2 is 1.71 bits per heavy atom. The van der Waals surface area contributed by atoms with Crippen molar-refractivity contribution < 1.29 is 19.1 Å². The van der Waals surface area contributed by atoms with Crippen LogP contribution in [-0.2, 0) is 14.9 Å². The van der Waals surface area contributed by atoms with Crippen LogP contribution in [0.2, 0.25) is 0 Å². The fourth-order valence-corrected chi connectivity index (χ4v) is 5.49.